The predicted molar refractivity (Wildman–Crippen MR) is 78.1 cm³/mol. The molecule has 0 saturated heterocycles. The molecule has 0 aromatic carbocycles. The molecule has 5 heteroatoms. The van der Waals surface area contributed by atoms with Crippen LogP contribution in [0.1, 0.15) is 36.0 Å². The first-order valence-electron chi connectivity index (χ1n) is 7.53. The summed E-state index contributed by atoms with van der Waals surface area (Å²) in [5, 5.41) is 9.70. The Labute approximate surface area is 124 Å². The van der Waals surface area contributed by atoms with E-state index < -0.39 is 0 Å². The van der Waals surface area contributed by atoms with Gasteiger partial charge in [-0.15, -0.1) is 0 Å². The monoisotopic (exact) mass is 290 g/mol. The number of aromatic nitrogens is 1. The molecule has 1 aromatic heterocycles. The molecule has 0 spiro atoms. The van der Waals surface area contributed by atoms with Gasteiger partial charge in [0.15, 0.2) is 0 Å². The van der Waals surface area contributed by atoms with Gasteiger partial charge in [-0.3, -0.25) is 4.79 Å². The van der Waals surface area contributed by atoms with Crippen molar-refractivity contribution in [3.63, 3.8) is 0 Å². The van der Waals surface area contributed by atoms with Crippen LogP contribution in [0.25, 0.3) is 0 Å². The lowest BCUT2D eigenvalue weighted by molar-refractivity contribution is 0.0721. The van der Waals surface area contributed by atoms with E-state index in [2.05, 4.69) is 4.98 Å². The highest BCUT2D eigenvalue weighted by molar-refractivity contribution is 5.94. The van der Waals surface area contributed by atoms with Crippen LogP contribution in [0.5, 0.6) is 5.88 Å². The third-order valence-corrected chi connectivity index (χ3v) is 5.02. The van der Waals surface area contributed by atoms with Crippen LogP contribution >= 0.6 is 0 Å². The molecule has 2 aliphatic carbocycles. The van der Waals surface area contributed by atoms with Crippen molar-refractivity contribution in [1.82, 2.24) is 9.88 Å². The molecule has 1 N–H and O–H groups in total. The summed E-state index contributed by atoms with van der Waals surface area (Å²) in [4.78, 5) is 18.5. The second-order valence-electron chi connectivity index (χ2n) is 6.27. The molecule has 0 aliphatic heterocycles. The van der Waals surface area contributed by atoms with Crippen LogP contribution in [0.4, 0.5) is 0 Å². The van der Waals surface area contributed by atoms with Gasteiger partial charge >= 0.3 is 0 Å². The van der Waals surface area contributed by atoms with Gasteiger partial charge in [-0.1, -0.05) is 0 Å². The molecule has 0 radical (unpaired) electrons. The molecule has 1 aromatic rings. The number of carbonyl (C=O) groups is 1. The van der Waals surface area contributed by atoms with Crippen LogP contribution in [0.2, 0.25) is 0 Å². The van der Waals surface area contributed by atoms with Crippen LogP contribution in [-0.4, -0.2) is 47.2 Å². The SMILES string of the molecule is COc1cc(C(=O)N(C)C2C[C@H]3CC(O)C[C@H]3C2)ccn1. The van der Waals surface area contributed by atoms with Gasteiger partial charge in [0.1, 0.15) is 0 Å². The van der Waals surface area contributed by atoms with E-state index in [1.54, 1.807) is 25.4 Å². The van der Waals surface area contributed by atoms with Gasteiger partial charge in [0.05, 0.1) is 13.2 Å². The van der Waals surface area contributed by atoms with Gasteiger partial charge < -0.3 is 14.7 Å². The highest BCUT2D eigenvalue weighted by Gasteiger charge is 2.43. The normalized spacial score (nSPS) is 31.0. The van der Waals surface area contributed by atoms with Gasteiger partial charge in [-0.2, -0.15) is 0 Å². The molecule has 21 heavy (non-hydrogen) atoms. The standard InChI is InChI=1S/C16H22N2O3/c1-18(13-5-11-7-14(19)8-12(11)6-13)16(20)10-3-4-17-15(9-10)21-2/h3-4,9,11-14,19H,5-8H2,1-2H3/t11-,12+,13?,14?. The van der Waals surface area contributed by atoms with Crippen molar-refractivity contribution in [2.75, 3.05) is 14.2 Å². The summed E-state index contributed by atoms with van der Waals surface area (Å²) in [6, 6.07) is 3.68. The number of carbonyl (C=O) groups excluding carboxylic acids is 1. The molecule has 2 fully saturated rings. The van der Waals surface area contributed by atoms with Crippen LogP contribution in [0.3, 0.4) is 0 Å². The fourth-order valence-corrected chi connectivity index (χ4v) is 3.89. The number of nitrogens with zero attached hydrogens (tertiary/aromatic N) is 2. The highest BCUT2D eigenvalue weighted by Crippen LogP contribution is 2.45. The van der Waals surface area contributed by atoms with Crippen molar-refractivity contribution in [2.45, 2.75) is 37.8 Å². The molecule has 114 valence electrons. The summed E-state index contributed by atoms with van der Waals surface area (Å²) in [5.41, 5.74) is 0.612. The maximum atomic E-state index is 12.6. The highest BCUT2D eigenvalue weighted by atomic mass is 16.5. The number of amides is 1. The van der Waals surface area contributed by atoms with E-state index in [0.29, 0.717) is 23.3 Å². The Morgan fingerprint density at radius 2 is 2.00 bits per heavy atom. The van der Waals surface area contributed by atoms with Gasteiger partial charge in [-0.25, -0.2) is 4.98 Å². The fraction of sp³-hybridized carbons (Fsp3) is 0.625. The Morgan fingerprint density at radius 3 is 2.62 bits per heavy atom. The number of pyridine rings is 1. The van der Waals surface area contributed by atoms with Crippen LogP contribution < -0.4 is 4.74 Å². The molecule has 4 atom stereocenters. The molecule has 0 bridgehead atoms. The number of hydrogen-bond acceptors (Lipinski definition) is 4. The van der Waals surface area contributed by atoms with Gasteiger partial charge in [0, 0.05) is 30.9 Å². The second-order valence-corrected chi connectivity index (χ2v) is 6.27. The third-order valence-electron chi connectivity index (χ3n) is 5.02. The lowest BCUT2D eigenvalue weighted by Gasteiger charge is -2.25. The predicted octanol–water partition coefficient (Wildman–Crippen LogP) is 1.71. The van der Waals surface area contributed by atoms with Crippen LogP contribution in [0.15, 0.2) is 18.3 Å². The van der Waals surface area contributed by atoms with E-state index in [0.717, 1.165) is 25.7 Å². The van der Waals surface area contributed by atoms with E-state index >= 15 is 0 Å². The molecule has 3 rings (SSSR count). The zero-order valence-corrected chi connectivity index (χ0v) is 12.5. The average molecular weight is 290 g/mol. The summed E-state index contributed by atoms with van der Waals surface area (Å²) < 4.78 is 5.07. The maximum absolute atomic E-state index is 12.6. The summed E-state index contributed by atoms with van der Waals surface area (Å²) in [5.74, 6) is 1.63. The quantitative estimate of drug-likeness (QED) is 0.920. The maximum Gasteiger partial charge on any atom is 0.254 e. The number of fused-ring (bicyclic) bond motifs is 1. The van der Waals surface area contributed by atoms with E-state index in [9.17, 15) is 9.90 Å². The van der Waals surface area contributed by atoms with Crippen molar-refractivity contribution in [2.24, 2.45) is 11.8 Å². The number of aliphatic hydroxyl groups excluding tert-OH is 1. The van der Waals surface area contributed by atoms with Crippen LogP contribution in [-0.2, 0) is 0 Å². The summed E-state index contributed by atoms with van der Waals surface area (Å²) in [7, 11) is 3.42. The lowest BCUT2D eigenvalue weighted by atomic mass is 10.0. The van der Waals surface area contributed by atoms with Crippen molar-refractivity contribution in [3.05, 3.63) is 23.9 Å². The minimum absolute atomic E-state index is 0.0150. The van der Waals surface area contributed by atoms with Crippen molar-refractivity contribution < 1.29 is 14.6 Å². The molecule has 2 aliphatic rings. The molecule has 5 nitrogen and oxygen atoms in total. The lowest BCUT2D eigenvalue weighted by Crippen LogP contribution is -2.36. The number of methoxy groups -OCH3 is 1. The zero-order chi connectivity index (χ0) is 15.0. The first-order valence-corrected chi connectivity index (χ1v) is 7.53. The van der Waals surface area contributed by atoms with E-state index in [4.69, 9.17) is 4.74 Å². The third kappa shape index (κ3) is 2.75. The minimum Gasteiger partial charge on any atom is -0.481 e. The Morgan fingerprint density at radius 1 is 1.33 bits per heavy atom. The molecule has 2 saturated carbocycles. The van der Waals surface area contributed by atoms with Crippen LogP contribution in [0, 0.1) is 11.8 Å². The second kappa shape index (κ2) is 5.64. The molecule has 2 unspecified atom stereocenters. The van der Waals surface area contributed by atoms with Gasteiger partial charge in [-0.05, 0) is 43.6 Å². The minimum atomic E-state index is -0.133. The summed E-state index contributed by atoms with van der Waals surface area (Å²) in [6.45, 7) is 0. The van der Waals surface area contributed by atoms with Crippen molar-refractivity contribution >= 4 is 5.91 Å². The number of hydrogen-bond donors (Lipinski definition) is 1. The Bertz CT molecular complexity index is 520. The Kier molecular flexibility index (Phi) is 3.85. The summed E-state index contributed by atoms with van der Waals surface area (Å²) in [6.07, 6.45) is 5.27. The van der Waals surface area contributed by atoms with Gasteiger partial charge in [0.2, 0.25) is 5.88 Å². The Balaban J connectivity index is 1.68. The Hall–Kier alpha value is -1.62. The van der Waals surface area contributed by atoms with Crippen molar-refractivity contribution in [3.8, 4) is 5.88 Å². The number of rotatable bonds is 3. The largest absolute Gasteiger partial charge is 0.481 e. The summed E-state index contributed by atoms with van der Waals surface area (Å²) >= 11 is 0. The fourth-order valence-electron chi connectivity index (χ4n) is 3.89. The smallest absolute Gasteiger partial charge is 0.254 e. The molecule has 1 amide bonds. The molecular formula is C16H22N2O3. The van der Waals surface area contributed by atoms with Gasteiger partial charge in [0.25, 0.3) is 5.91 Å². The first-order chi connectivity index (χ1) is 10.1. The average Bonchev–Trinajstić information content (AvgIpc) is 3.03. The molecular weight excluding hydrogens is 268 g/mol. The van der Waals surface area contributed by atoms with E-state index in [1.165, 1.54) is 0 Å². The van der Waals surface area contributed by atoms with E-state index in [-0.39, 0.29) is 18.1 Å². The van der Waals surface area contributed by atoms with E-state index in [1.807, 2.05) is 11.9 Å². The number of aliphatic hydroxyl groups is 1. The number of ether oxygens (including phenoxy) is 1. The first kappa shape index (κ1) is 14.3. The van der Waals surface area contributed by atoms with Crippen molar-refractivity contribution in [1.29, 1.82) is 0 Å². The molecule has 1 heterocycles. The zero-order valence-electron chi connectivity index (χ0n) is 12.5. The topological polar surface area (TPSA) is 62.7 Å².